The smallest absolute Gasteiger partial charge is 0.262 e. The van der Waals surface area contributed by atoms with Gasteiger partial charge in [0.2, 0.25) is 0 Å². The molecule has 6 nitrogen and oxygen atoms in total. The van der Waals surface area contributed by atoms with E-state index in [0.29, 0.717) is 6.54 Å². The maximum atomic E-state index is 13.1. The van der Waals surface area contributed by atoms with E-state index < -0.39 is 10.0 Å². The van der Waals surface area contributed by atoms with Crippen molar-refractivity contribution in [1.82, 2.24) is 19.2 Å². The number of aromatic nitrogens is 2. The fraction of sp³-hybridized carbons (Fsp3) is 0.800. The van der Waals surface area contributed by atoms with Gasteiger partial charge in [-0.25, -0.2) is 13.4 Å². The van der Waals surface area contributed by atoms with Gasteiger partial charge in [0, 0.05) is 31.7 Å². The topological polar surface area (TPSA) is 67.2 Å². The summed E-state index contributed by atoms with van der Waals surface area (Å²) in [6.07, 6.45) is 7.43. The molecule has 0 saturated carbocycles. The molecular weight excluding hydrogens is 336 g/mol. The summed E-state index contributed by atoms with van der Waals surface area (Å²) in [6.45, 7) is 5.27. The van der Waals surface area contributed by atoms with E-state index in [2.05, 4.69) is 10.3 Å². The highest BCUT2D eigenvalue weighted by Crippen LogP contribution is 2.24. The Hall–Kier alpha value is -0.630. The van der Waals surface area contributed by atoms with Crippen LogP contribution in [0.2, 0.25) is 0 Å². The maximum absolute atomic E-state index is 13.1. The number of nitrogens with one attached hydrogen (secondary N) is 1. The first-order valence-corrected chi connectivity index (χ1v) is 9.85. The van der Waals surface area contributed by atoms with Crippen LogP contribution in [0.15, 0.2) is 11.2 Å². The summed E-state index contributed by atoms with van der Waals surface area (Å²) < 4.78 is 29.9. The van der Waals surface area contributed by atoms with Gasteiger partial charge in [0.15, 0.2) is 5.03 Å². The second-order valence-corrected chi connectivity index (χ2v) is 8.08. The number of rotatable bonds is 5. The minimum atomic E-state index is -3.48. The standard InChI is InChI=1S/C15H26N4O2S.ClH/c1-2-10-19(13-6-8-16-9-7-13)22(20,21)15-12-18-11-4-3-5-14(18)17-15;/h12-13,16H,2-11H2,1H3;1H. The molecule has 0 amide bonds. The van der Waals surface area contributed by atoms with E-state index in [0.717, 1.165) is 64.0 Å². The summed E-state index contributed by atoms with van der Waals surface area (Å²) in [6, 6.07) is 0.102. The third-order valence-electron chi connectivity index (χ3n) is 4.62. The van der Waals surface area contributed by atoms with Gasteiger partial charge in [-0.1, -0.05) is 6.92 Å². The molecule has 0 radical (unpaired) electrons. The fourth-order valence-corrected chi connectivity index (χ4v) is 5.19. The minimum absolute atomic E-state index is 0. The van der Waals surface area contributed by atoms with E-state index in [1.807, 2.05) is 11.5 Å². The van der Waals surface area contributed by atoms with Gasteiger partial charge in [0.05, 0.1) is 0 Å². The Morgan fingerprint density at radius 2 is 2.09 bits per heavy atom. The van der Waals surface area contributed by atoms with Gasteiger partial charge in [-0.15, -0.1) is 12.4 Å². The number of hydrogen-bond donors (Lipinski definition) is 1. The van der Waals surface area contributed by atoms with Crippen LogP contribution in [0.1, 0.15) is 44.9 Å². The van der Waals surface area contributed by atoms with E-state index in [-0.39, 0.29) is 23.5 Å². The lowest BCUT2D eigenvalue weighted by Gasteiger charge is -2.32. The predicted octanol–water partition coefficient (Wildman–Crippen LogP) is 1.79. The summed E-state index contributed by atoms with van der Waals surface area (Å²) >= 11 is 0. The second kappa shape index (κ2) is 7.96. The Bertz CT molecular complexity index is 587. The lowest BCUT2D eigenvalue weighted by molar-refractivity contribution is 0.261. The number of hydrogen-bond acceptors (Lipinski definition) is 4. The normalized spacial score (nSPS) is 19.4. The zero-order chi connectivity index (χ0) is 15.6. The van der Waals surface area contributed by atoms with Crippen molar-refractivity contribution < 1.29 is 8.42 Å². The molecule has 132 valence electrons. The number of piperidine rings is 1. The molecule has 3 heterocycles. The Labute approximate surface area is 145 Å². The van der Waals surface area contributed by atoms with Crippen LogP contribution < -0.4 is 5.32 Å². The number of halogens is 1. The fourth-order valence-electron chi connectivity index (χ4n) is 3.44. The molecule has 1 saturated heterocycles. The molecule has 0 aliphatic carbocycles. The van der Waals surface area contributed by atoms with E-state index in [1.165, 1.54) is 0 Å². The third-order valence-corrected chi connectivity index (χ3v) is 6.44. The van der Waals surface area contributed by atoms with Gasteiger partial charge in [-0.2, -0.15) is 4.31 Å². The average Bonchev–Trinajstić information content (AvgIpc) is 2.98. The van der Waals surface area contributed by atoms with Crippen LogP contribution in [-0.2, 0) is 23.0 Å². The lowest BCUT2D eigenvalue weighted by atomic mass is 10.1. The number of nitrogens with zero attached hydrogens (tertiary/aromatic N) is 3. The van der Waals surface area contributed by atoms with E-state index in [9.17, 15) is 8.42 Å². The molecule has 2 aliphatic rings. The zero-order valence-electron chi connectivity index (χ0n) is 13.7. The van der Waals surface area contributed by atoms with Gasteiger partial charge in [-0.05, 0) is 45.2 Å². The largest absolute Gasteiger partial charge is 0.333 e. The molecule has 1 N–H and O–H groups in total. The van der Waals surface area contributed by atoms with E-state index in [1.54, 1.807) is 10.5 Å². The summed E-state index contributed by atoms with van der Waals surface area (Å²) in [5, 5.41) is 3.55. The average molecular weight is 363 g/mol. The first-order chi connectivity index (χ1) is 10.6. The van der Waals surface area contributed by atoms with Crippen LogP contribution in [0, 0.1) is 0 Å². The molecule has 23 heavy (non-hydrogen) atoms. The van der Waals surface area contributed by atoms with Gasteiger partial charge < -0.3 is 9.88 Å². The molecule has 0 aromatic carbocycles. The zero-order valence-corrected chi connectivity index (χ0v) is 15.3. The van der Waals surface area contributed by atoms with Crippen molar-refractivity contribution in [2.24, 2.45) is 0 Å². The molecule has 8 heteroatoms. The number of aryl methyl sites for hydroxylation is 2. The first-order valence-electron chi connectivity index (χ1n) is 8.41. The third kappa shape index (κ3) is 3.90. The second-order valence-electron chi connectivity index (χ2n) is 6.24. The van der Waals surface area contributed by atoms with Crippen LogP contribution in [0.5, 0.6) is 0 Å². The van der Waals surface area contributed by atoms with Gasteiger partial charge >= 0.3 is 0 Å². The molecule has 0 spiro atoms. The molecule has 0 atom stereocenters. The Balaban J connectivity index is 0.00000192. The molecule has 0 bridgehead atoms. The SMILES string of the molecule is CCCN(C1CCNCC1)S(=O)(=O)c1cn2c(n1)CCCC2.Cl. The van der Waals surface area contributed by atoms with Crippen molar-refractivity contribution in [3.05, 3.63) is 12.0 Å². The molecule has 0 unspecified atom stereocenters. The van der Waals surface area contributed by atoms with Crippen molar-refractivity contribution in [3.8, 4) is 0 Å². The van der Waals surface area contributed by atoms with Crippen LogP contribution in [-0.4, -0.2) is 48.0 Å². The maximum Gasteiger partial charge on any atom is 0.262 e. The molecule has 2 aliphatic heterocycles. The van der Waals surface area contributed by atoms with E-state index >= 15 is 0 Å². The highest BCUT2D eigenvalue weighted by Gasteiger charge is 2.34. The minimum Gasteiger partial charge on any atom is -0.333 e. The highest BCUT2D eigenvalue weighted by atomic mass is 35.5. The van der Waals surface area contributed by atoms with Gasteiger partial charge in [0.1, 0.15) is 5.82 Å². The van der Waals surface area contributed by atoms with Gasteiger partial charge in [-0.3, -0.25) is 0 Å². The van der Waals surface area contributed by atoms with Crippen molar-refractivity contribution in [3.63, 3.8) is 0 Å². The van der Waals surface area contributed by atoms with Crippen molar-refractivity contribution in [2.75, 3.05) is 19.6 Å². The number of fused-ring (bicyclic) bond motifs is 1. The molecule has 1 aromatic heterocycles. The quantitative estimate of drug-likeness (QED) is 0.867. The lowest BCUT2D eigenvalue weighted by Crippen LogP contribution is -2.46. The number of sulfonamides is 1. The highest BCUT2D eigenvalue weighted by molar-refractivity contribution is 7.89. The molecule has 1 fully saturated rings. The van der Waals surface area contributed by atoms with Crippen molar-refractivity contribution in [1.29, 1.82) is 0 Å². The van der Waals surface area contributed by atoms with Gasteiger partial charge in [0.25, 0.3) is 10.0 Å². The first kappa shape index (κ1) is 18.7. The summed E-state index contributed by atoms with van der Waals surface area (Å²) in [5.74, 6) is 0.923. The Kier molecular flexibility index (Phi) is 6.48. The summed E-state index contributed by atoms with van der Waals surface area (Å²) in [7, 11) is -3.48. The summed E-state index contributed by atoms with van der Waals surface area (Å²) in [5.41, 5.74) is 0. The predicted molar refractivity (Wildman–Crippen MR) is 92.5 cm³/mol. The monoisotopic (exact) mass is 362 g/mol. The van der Waals surface area contributed by atoms with Crippen LogP contribution in [0.3, 0.4) is 0 Å². The van der Waals surface area contributed by atoms with Crippen LogP contribution >= 0.6 is 12.4 Å². The molecule has 1 aromatic rings. The van der Waals surface area contributed by atoms with Crippen molar-refractivity contribution in [2.45, 2.75) is 63.1 Å². The van der Waals surface area contributed by atoms with E-state index in [4.69, 9.17) is 0 Å². The van der Waals surface area contributed by atoms with Crippen LogP contribution in [0.4, 0.5) is 0 Å². The molecule has 3 rings (SSSR count). The summed E-state index contributed by atoms with van der Waals surface area (Å²) in [4.78, 5) is 4.44. The Morgan fingerprint density at radius 1 is 1.35 bits per heavy atom. The Morgan fingerprint density at radius 3 is 2.74 bits per heavy atom. The van der Waals surface area contributed by atoms with Crippen LogP contribution in [0.25, 0.3) is 0 Å². The van der Waals surface area contributed by atoms with Crippen molar-refractivity contribution >= 4 is 22.4 Å². The number of imidazole rings is 1. The molecular formula is C15H27ClN4O2S.